The molecular weight excluding hydrogens is 437 g/mol. The lowest BCUT2D eigenvalue weighted by molar-refractivity contribution is -0.144. The smallest absolute Gasteiger partial charge is 0.320 e. The van der Waals surface area contributed by atoms with Gasteiger partial charge in [-0.1, -0.05) is 18.2 Å². The van der Waals surface area contributed by atoms with Gasteiger partial charge in [-0.3, -0.25) is 9.69 Å². The number of halogens is 1. The molecule has 0 saturated carbocycles. The summed E-state index contributed by atoms with van der Waals surface area (Å²) in [5.41, 5.74) is 0.846. The summed E-state index contributed by atoms with van der Waals surface area (Å²) in [6, 6.07) is 9.49. The van der Waals surface area contributed by atoms with Crippen LogP contribution in [0.3, 0.4) is 0 Å². The van der Waals surface area contributed by atoms with Gasteiger partial charge < -0.3 is 14.2 Å². The number of rotatable bonds is 7. The van der Waals surface area contributed by atoms with Crippen LogP contribution < -0.4 is 9.47 Å². The van der Waals surface area contributed by atoms with Crippen LogP contribution in [0, 0.1) is 11.7 Å². The third kappa shape index (κ3) is 4.88. The van der Waals surface area contributed by atoms with Crippen LogP contribution in [0.4, 0.5) is 4.39 Å². The highest BCUT2D eigenvalue weighted by atomic mass is 32.2. The number of esters is 1. The molecule has 0 spiro atoms. The van der Waals surface area contributed by atoms with Crippen molar-refractivity contribution in [3.8, 4) is 22.6 Å². The van der Waals surface area contributed by atoms with Gasteiger partial charge in [-0.25, -0.2) is 12.8 Å². The summed E-state index contributed by atoms with van der Waals surface area (Å²) in [6.07, 6.45) is 1.72. The van der Waals surface area contributed by atoms with Gasteiger partial charge in [0.15, 0.2) is 17.5 Å². The number of fused-ring (bicyclic) bond motifs is 1. The highest BCUT2D eigenvalue weighted by Crippen LogP contribution is 2.37. The van der Waals surface area contributed by atoms with Gasteiger partial charge in [-0.05, 0) is 62.5 Å². The molecule has 2 aliphatic rings. The molecule has 9 heteroatoms. The zero-order valence-electron chi connectivity index (χ0n) is 17.9. The Morgan fingerprint density at radius 1 is 1.22 bits per heavy atom. The van der Waals surface area contributed by atoms with Gasteiger partial charge in [0, 0.05) is 5.56 Å². The van der Waals surface area contributed by atoms with Crippen molar-refractivity contribution >= 4 is 15.8 Å². The van der Waals surface area contributed by atoms with Crippen LogP contribution in [0.5, 0.6) is 11.5 Å². The Hall–Kier alpha value is -2.65. The van der Waals surface area contributed by atoms with E-state index in [1.165, 1.54) is 6.07 Å². The largest absolute Gasteiger partial charge is 0.490 e. The second kappa shape index (κ2) is 9.46. The molecular formula is C23H26FNO6S. The first kappa shape index (κ1) is 22.5. The first-order valence-corrected chi connectivity index (χ1v) is 12.3. The lowest BCUT2D eigenvalue weighted by Gasteiger charge is -2.31. The molecule has 2 aromatic rings. The molecule has 2 aromatic carbocycles. The molecule has 0 bridgehead atoms. The predicted octanol–water partition coefficient (Wildman–Crippen LogP) is 3.27. The normalized spacial score (nSPS) is 18.1. The standard InChI is InChI=1S/C23H26FNO6S/c1-2-29-22(26)13-25-10-8-16(9-11-25)14-30-19-5-3-4-18(23(19)24)17-6-7-21-20(12-17)31-15-32(21,27)28/h3-7,12,16H,2,8-11,13-15H2,1H3. The summed E-state index contributed by atoms with van der Waals surface area (Å²) in [4.78, 5) is 13.8. The average molecular weight is 464 g/mol. The third-order valence-corrected chi connectivity index (χ3v) is 7.20. The molecule has 0 aromatic heterocycles. The molecule has 32 heavy (non-hydrogen) atoms. The van der Waals surface area contributed by atoms with E-state index >= 15 is 4.39 Å². The molecule has 0 aliphatic carbocycles. The minimum Gasteiger partial charge on any atom is -0.490 e. The topological polar surface area (TPSA) is 82.1 Å². The lowest BCUT2D eigenvalue weighted by atomic mass is 9.98. The van der Waals surface area contributed by atoms with Crippen molar-refractivity contribution in [2.75, 3.05) is 38.8 Å². The molecule has 0 amide bonds. The van der Waals surface area contributed by atoms with E-state index in [1.807, 2.05) is 0 Å². The molecule has 2 heterocycles. The Morgan fingerprint density at radius 3 is 2.75 bits per heavy atom. The van der Waals surface area contributed by atoms with E-state index in [0.717, 1.165) is 25.9 Å². The van der Waals surface area contributed by atoms with Crippen LogP contribution >= 0.6 is 0 Å². The van der Waals surface area contributed by atoms with Crippen molar-refractivity contribution in [3.63, 3.8) is 0 Å². The number of carbonyl (C=O) groups is 1. The molecule has 1 saturated heterocycles. The Bertz CT molecular complexity index is 1100. The van der Waals surface area contributed by atoms with Crippen LogP contribution in [-0.2, 0) is 19.4 Å². The van der Waals surface area contributed by atoms with E-state index in [-0.39, 0.29) is 28.3 Å². The second-order valence-electron chi connectivity index (χ2n) is 7.99. The fourth-order valence-corrected chi connectivity index (χ4v) is 5.11. The number of hydrogen-bond acceptors (Lipinski definition) is 7. The Morgan fingerprint density at radius 2 is 2.00 bits per heavy atom. The predicted molar refractivity (Wildman–Crippen MR) is 116 cm³/mol. The monoisotopic (exact) mass is 463 g/mol. The van der Waals surface area contributed by atoms with Crippen molar-refractivity contribution in [1.82, 2.24) is 4.90 Å². The van der Waals surface area contributed by atoms with E-state index in [4.69, 9.17) is 14.2 Å². The van der Waals surface area contributed by atoms with Crippen molar-refractivity contribution in [1.29, 1.82) is 0 Å². The number of carbonyl (C=O) groups excluding carboxylic acids is 1. The van der Waals surface area contributed by atoms with Gasteiger partial charge >= 0.3 is 5.97 Å². The Labute approximate surface area is 187 Å². The molecule has 0 radical (unpaired) electrons. The number of hydrogen-bond donors (Lipinski definition) is 0. The Kier molecular flexibility index (Phi) is 6.66. The summed E-state index contributed by atoms with van der Waals surface area (Å²) in [7, 11) is -3.43. The van der Waals surface area contributed by atoms with Gasteiger partial charge in [0.25, 0.3) is 0 Å². The fraction of sp³-hybridized carbons (Fsp3) is 0.435. The minimum atomic E-state index is -3.43. The number of likely N-dealkylation sites (tertiary alicyclic amines) is 1. The molecule has 172 valence electrons. The first-order valence-electron chi connectivity index (χ1n) is 10.7. The van der Waals surface area contributed by atoms with Crippen LogP contribution in [0.2, 0.25) is 0 Å². The Balaban J connectivity index is 1.38. The van der Waals surface area contributed by atoms with Crippen molar-refractivity contribution in [2.24, 2.45) is 5.92 Å². The van der Waals surface area contributed by atoms with Crippen LogP contribution in [0.1, 0.15) is 19.8 Å². The maximum atomic E-state index is 15.2. The van der Waals surface area contributed by atoms with Gasteiger partial charge in [-0.2, -0.15) is 0 Å². The van der Waals surface area contributed by atoms with Gasteiger partial charge in [0.2, 0.25) is 9.84 Å². The molecule has 0 N–H and O–H groups in total. The summed E-state index contributed by atoms with van der Waals surface area (Å²) < 4.78 is 55.0. The number of piperidine rings is 1. The molecule has 0 unspecified atom stereocenters. The quantitative estimate of drug-likeness (QED) is 0.583. The number of benzene rings is 2. The molecule has 1 fully saturated rings. The number of sulfone groups is 1. The van der Waals surface area contributed by atoms with Gasteiger partial charge in [-0.15, -0.1) is 0 Å². The lowest BCUT2D eigenvalue weighted by Crippen LogP contribution is -2.39. The molecule has 2 aliphatic heterocycles. The fourth-order valence-electron chi connectivity index (χ4n) is 4.00. The van der Waals surface area contributed by atoms with Crippen LogP contribution in [0.25, 0.3) is 11.1 Å². The van der Waals surface area contributed by atoms with Gasteiger partial charge in [0.1, 0.15) is 10.6 Å². The maximum Gasteiger partial charge on any atom is 0.320 e. The van der Waals surface area contributed by atoms with E-state index < -0.39 is 21.6 Å². The summed E-state index contributed by atoms with van der Waals surface area (Å²) >= 11 is 0. The average Bonchev–Trinajstić information content (AvgIpc) is 3.08. The SMILES string of the molecule is CCOC(=O)CN1CCC(COc2cccc(-c3ccc4c(c3)OCS4(=O)=O)c2F)CC1. The third-order valence-electron chi connectivity index (χ3n) is 5.76. The number of nitrogens with zero attached hydrogens (tertiary/aromatic N) is 1. The van der Waals surface area contributed by atoms with E-state index in [2.05, 4.69) is 4.90 Å². The number of ether oxygens (including phenoxy) is 3. The summed E-state index contributed by atoms with van der Waals surface area (Å²) in [5.74, 6) is -0.428. The summed E-state index contributed by atoms with van der Waals surface area (Å²) in [6.45, 7) is 4.40. The van der Waals surface area contributed by atoms with E-state index in [0.29, 0.717) is 30.9 Å². The van der Waals surface area contributed by atoms with Crippen LogP contribution in [0.15, 0.2) is 41.3 Å². The maximum absolute atomic E-state index is 15.2. The molecule has 7 nitrogen and oxygen atoms in total. The first-order chi connectivity index (χ1) is 15.4. The second-order valence-corrected chi connectivity index (χ2v) is 9.90. The van der Waals surface area contributed by atoms with Gasteiger partial charge in [0.05, 0.1) is 19.8 Å². The molecule has 0 atom stereocenters. The van der Waals surface area contributed by atoms with Crippen molar-refractivity contribution in [2.45, 2.75) is 24.7 Å². The zero-order valence-corrected chi connectivity index (χ0v) is 18.7. The van der Waals surface area contributed by atoms with E-state index in [1.54, 1.807) is 37.3 Å². The van der Waals surface area contributed by atoms with E-state index in [9.17, 15) is 13.2 Å². The minimum absolute atomic E-state index is 0.128. The summed E-state index contributed by atoms with van der Waals surface area (Å²) in [5, 5.41) is 0. The zero-order chi connectivity index (χ0) is 22.7. The molecule has 4 rings (SSSR count). The van der Waals surface area contributed by atoms with Crippen molar-refractivity contribution in [3.05, 3.63) is 42.2 Å². The van der Waals surface area contributed by atoms with Crippen LogP contribution in [-0.4, -0.2) is 58.1 Å². The highest BCUT2D eigenvalue weighted by Gasteiger charge is 2.28. The van der Waals surface area contributed by atoms with Crippen molar-refractivity contribution < 1.29 is 31.8 Å². The highest BCUT2D eigenvalue weighted by molar-refractivity contribution is 7.91.